The van der Waals surface area contributed by atoms with Crippen LogP contribution < -0.4 is 9.62 Å². The Balaban J connectivity index is 2.38. The van der Waals surface area contributed by atoms with Crippen LogP contribution in [0.15, 0.2) is 24.3 Å². The molecule has 1 aromatic rings. The van der Waals surface area contributed by atoms with Crippen molar-refractivity contribution in [2.75, 3.05) is 50.4 Å². The van der Waals surface area contributed by atoms with E-state index in [1.54, 1.807) is 4.90 Å². The smallest absolute Gasteiger partial charge is 0.237 e. The van der Waals surface area contributed by atoms with Crippen molar-refractivity contribution in [3.05, 3.63) is 29.8 Å². The summed E-state index contributed by atoms with van der Waals surface area (Å²) in [5.41, 5.74) is 1.72. The first-order chi connectivity index (χ1) is 15.5. The fourth-order valence-corrected chi connectivity index (χ4v) is 4.46. The second-order valence-electron chi connectivity index (χ2n) is 9.73. The Morgan fingerprint density at radius 1 is 0.970 bits per heavy atom. The summed E-state index contributed by atoms with van der Waals surface area (Å²) in [6.45, 7) is 12.0. The van der Waals surface area contributed by atoms with Gasteiger partial charge in [-0.15, -0.1) is 0 Å². The first kappa shape index (κ1) is 27.3. The Kier molecular flexibility index (Phi) is 10.3. The van der Waals surface area contributed by atoms with Gasteiger partial charge in [-0.3, -0.25) is 9.59 Å². The maximum atomic E-state index is 13.2. The lowest BCUT2D eigenvalue weighted by Crippen LogP contribution is -2.43. The number of sulfonamides is 1. The lowest BCUT2D eigenvalue weighted by atomic mass is 10.1. The van der Waals surface area contributed by atoms with E-state index in [-0.39, 0.29) is 24.3 Å². The summed E-state index contributed by atoms with van der Waals surface area (Å²) in [5.74, 6) is 0.533. The van der Waals surface area contributed by atoms with E-state index < -0.39 is 10.0 Å². The number of amides is 2. The number of anilines is 1. The highest BCUT2D eigenvalue weighted by Crippen LogP contribution is 2.25. The predicted octanol–water partition coefficient (Wildman–Crippen LogP) is 2.31. The van der Waals surface area contributed by atoms with E-state index in [0.29, 0.717) is 38.5 Å². The van der Waals surface area contributed by atoms with Gasteiger partial charge in [0.15, 0.2) is 0 Å². The summed E-state index contributed by atoms with van der Waals surface area (Å²) >= 11 is 0. The zero-order valence-electron chi connectivity index (χ0n) is 20.7. The van der Waals surface area contributed by atoms with Crippen LogP contribution in [-0.2, 0) is 26.2 Å². The maximum absolute atomic E-state index is 13.2. The molecule has 0 aromatic heterocycles. The van der Waals surface area contributed by atoms with Crippen LogP contribution in [0.25, 0.3) is 0 Å². The number of hydrogen-bond donors (Lipinski definition) is 1. The molecule has 1 aromatic carbocycles. The molecule has 8 nitrogen and oxygen atoms in total. The molecule has 186 valence electrons. The van der Waals surface area contributed by atoms with Gasteiger partial charge in [0.2, 0.25) is 21.8 Å². The zero-order chi connectivity index (χ0) is 24.6. The van der Waals surface area contributed by atoms with Gasteiger partial charge in [-0.25, -0.2) is 13.1 Å². The minimum absolute atomic E-state index is 0.0868. The van der Waals surface area contributed by atoms with Gasteiger partial charge >= 0.3 is 0 Å². The van der Waals surface area contributed by atoms with Crippen LogP contribution in [0.2, 0.25) is 0 Å². The van der Waals surface area contributed by atoms with Gasteiger partial charge in [-0.2, -0.15) is 0 Å². The molecule has 1 aliphatic heterocycles. The normalized spacial score (nSPS) is 16.6. The van der Waals surface area contributed by atoms with Crippen molar-refractivity contribution < 1.29 is 18.0 Å². The number of hydrogen-bond acceptors (Lipinski definition) is 5. The van der Waals surface area contributed by atoms with Gasteiger partial charge in [0, 0.05) is 44.8 Å². The highest BCUT2D eigenvalue weighted by Gasteiger charge is 2.24. The molecule has 0 bridgehead atoms. The standard InChI is InChI=1S/C24H40N4O4S/c1-19(2)15-23(29)28-12-8-11-26(17-20(3)4)13-14-27(24(30)16-25-33(5,31)32)18-21-9-6-7-10-22(21)28/h6-7,9-10,19-20,25H,8,11-18H2,1-5H3. The van der Waals surface area contributed by atoms with Gasteiger partial charge in [0.1, 0.15) is 0 Å². The number of carbonyl (C=O) groups excluding carboxylic acids is 2. The third-order valence-electron chi connectivity index (χ3n) is 5.53. The van der Waals surface area contributed by atoms with Crippen molar-refractivity contribution >= 4 is 27.5 Å². The van der Waals surface area contributed by atoms with Crippen molar-refractivity contribution in [1.82, 2.24) is 14.5 Å². The largest absolute Gasteiger partial charge is 0.336 e. The van der Waals surface area contributed by atoms with Crippen LogP contribution in [0.3, 0.4) is 0 Å². The summed E-state index contributed by atoms with van der Waals surface area (Å²) in [5, 5.41) is 0. The Morgan fingerprint density at radius 2 is 1.67 bits per heavy atom. The van der Waals surface area contributed by atoms with Crippen LogP contribution in [0.4, 0.5) is 5.69 Å². The molecule has 1 heterocycles. The minimum atomic E-state index is -3.47. The van der Waals surface area contributed by atoms with E-state index in [1.165, 1.54) is 0 Å². The monoisotopic (exact) mass is 480 g/mol. The second kappa shape index (κ2) is 12.5. The molecule has 33 heavy (non-hydrogen) atoms. The molecule has 0 fully saturated rings. The maximum Gasteiger partial charge on any atom is 0.237 e. The van der Waals surface area contributed by atoms with Gasteiger partial charge in [0.05, 0.1) is 12.8 Å². The first-order valence-corrected chi connectivity index (χ1v) is 13.7. The Morgan fingerprint density at radius 3 is 2.30 bits per heavy atom. The van der Waals surface area contributed by atoms with E-state index in [4.69, 9.17) is 0 Å². The molecule has 0 radical (unpaired) electrons. The lowest BCUT2D eigenvalue weighted by Gasteiger charge is -2.29. The molecule has 0 atom stereocenters. The van der Waals surface area contributed by atoms with E-state index in [0.717, 1.165) is 37.0 Å². The van der Waals surface area contributed by atoms with Crippen LogP contribution in [-0.4, -0.2) is 75.6 Å². The van der Waals surface area contributed by atoms with Gasteiger partial charge < -0.3 is 14.7 Å². The third kappa shape index (κ3) is 9.43. The number of para-hydroxylation sites is 1. The molecule has 9 heteroatoms. The van der Waals surface area contributed by atoms with Crippen molar-refractivity contribution in [3.8, 4) is 0 Å². The molecular weight excluding hydrogens is 440 g/mol. The fourth-order valence-electron chi connectivity index (χ4n) is 4.07. The summed E-state index contributed by atoms with van der Waals surface area (Å²) in [6, 6.07) is 7.70. The average Bonchev–Trinajstić information content (AvgIpc) is 2.74. The molecule has 1 aliphatic rings. The number of benzene rings is 1. The molecule has 2 rings (SSSR count). The molecule has 0 aliphatic carbocycles. The first-order valence-electron chi connectivity index (χ1n) is 11.8. The van der Waals surface area contributed by atoms with E-state index >= 15 is 0 Å². The lowest BCUT2D eigenvalue weighted by molar-refractivity contribution is -0.130. The summed E-state index contributed by atoms with van der Waals surface area (Å²) < 4.78 is 25.4. The predicted molar refractivity (Wildman–Crippen MR) is 132 cm³/mol. The van der Waals surface area contributed by atoms with Gasteiger partial charge in [-0.1, -0.05) is 45.9 Å². The quantitative estimate of drug-likeness (QED) is 0.647. The Labute approximate surface area is 199 Å². The number of fused-ring (bicyclic) bond motifs is 1. The SMILES string of the molecule is CC(C)CC(=O)N1CCCN(CC(C)C)CCN(C(=O)CNS(C)(=O)=O)Cc2ccccc21. The third-order valence-corrected chi connectivity index (χ3v) is 6.20. The zero-order valence-corrected chi connectivity index (χ0v) is 21.5. The van der Waals surface area contributed by atoms with Crippen molar-refractivity contribution in [2.24, 2.45) is 11.8 Å². The number of nitrogens with one attached hydrogen (secondary N) is 1. The molecule has 0 spiro atoms. The number of rotatable bonds is 7. The highest BCUT2D eigenvalue weighted by molar-refractivity contribution is 7.88. The Hall–Kier alpha value is -1.97. The topological polar surface area (TPSA) is 90.0 Å². The van der Waals surface area contributed by atoms with Crippen molar-refractivity contribution in [1.29, 1.82) is 0 Å². The number of nitrogens with zero attached hydrogens (tertiary/aromatic N) is 3. The molecular formula is C24H40N4O4S. The van der Waals surface area contributed by atoms with Crippen molar-refractivity contribution in [3.63, 3.8) is 0 Å². The Bertz CT molecular complexity index is 901. The molecule has 0 saturated carbocycles. The summed E-state index contributed by atoms with van der Waals surface area (Å²) in [4.78, 5) is 32.0. The minimum Gasteiger partial charge on any atom is -0.336 e. The van der Waals surface area contributed by atoms with E-state index in [1.807, 2.05) is 43.0 Å². The second-order valence-corrected chi connectivity index (χ2v) is 11.6. The van der Waals surface area contributed by atoms with Crippen LogP contribution in [0.5, 0.6) is 0 Å². The molecule has 1 N–H and O–H groups in total. The van der Waals surface area contributed by atoms with Crippen molar-refractivity contribution in [2.45, 2.75) is 47.1 Å². The highest BCUT2D eigenvalue weighted by atomic mass is 32.2. The molecule has 2 amide bonds. The van der Waals surface area contributed by atoms with E-state index in [2.05, 4.69) is 23.5 Å². The van der Waals surface area contributed by atoms with Crippen LogP contribution >= 0.6 is 0 Å². The molecule has 0 unspecified atom stereocenters. The number of carbonyl (C=O) groups is 2. The van der Waals surface area contributed by atoms with Crippen LogP contribution in [0, 0.1) is 11.8 Å². The van der Waals surface area contributed by atoms with Gasteiger partial charge in [0.25, 0.3) is 0 Å². The fraction of sp³-hybridized carbons (Fsp3) is 0.667. The molecule has 0 saturated heterocycles. The van der Waals surface area contributed by atoms with Crippen LogP contribution in [0.1, 0.15) is 46.1 Å². The summed E-state index contributed by atoms with van der Waals surface area (Å²) in [7, 11) is -3.47. The average molecular weight is 481 g/mol. The summed E-state index contributed by atoms with van der Waals surface area (Å²) in [6.07, 6.45) is 2.35. The van der Waals surface area contributed by atoms with Gasteiger partial charge in [-0.05, 0) is 36.4 Å². The van der Waals surface area contributed by atoms with E-state index in [9.17, 15) is 18.0 Å².